The van der Waals surface area contributed by atoms with Gasteiger partial charge in [-0.2, -0.15) is 0 Å². The maximum absolute atomic E-state index is 12.7. The summed E-state index contributed by atoms with van der Waals surface area (Å²) >= 11 is 1.53. The van der Waals surface area contributed by atoms with Crippen molar-refractivity contribution in [2.45, 2.75) is 69.0 Å². The predicted molar refractivity (Wildman–Crippen MR) is 248 cm³/mol. The van der Waals surface area contributed by atoms with E-state index in [2.05, 4.69) is 34.9 Å². The van der Waals surface area contributed by atoms with Gasteiger partial charge in [0.15, 0.2) is 12.1 Å². The highest BCUT2D eigenvalue weighted by Crippen LogP contribution is 2.41. The second kappa shape index (κ2) is 21.0. The van der Waals surface area contributed by atoms with Gasteiger partial charge in [-0.15, -0.1) is 0 Å². The normalized spacial score (nSPS) is 16.0. The lowest BCUT2D eigenvalue weighted by atomic mass is 9.99. The van der Waals surface area contributed by atoms with Crippen molar-refractivity contribution in [1.82, 2.24) is 10.3 Å². The SMILES string of the molecule is Nc1ccccc1NC(=O)CCCCC(=O)NCc1cccc(-c2ccc([C@H]3O[C@@H](CSc4nc(-c5ccccc5)c(-c5ccccc5)o4)C[C@@H](c4ccc(CO)cc4)O3)cc2)c1. The van der Waals surface area contributed by atoms with E-state index in [4.69, 9.17) is 24.6 Å². The first kappa shape index (κ1) is 43.2. The van der Waals surface area contributed by atoms with Crippen LogP contribution in [-0.4, -0.2) is 33.8 Å². The average molecular weight is 859 g/mol. The molecule has 0 bridgehead atoms. The van der Waals surface area contributed by atoms with E-state index in [1.54, 1.807) is 12.1 Å². The number of oxazole rings is 1. The Morgan fingerprint density at radius 3 is 2.08 bits per heavy atom. The number of aliphatic hydroxyl groups excluding tert-OH is 1. The number of anilines is 2. The number of carbonyl (C=O) groups excluding carboxylic acids is 2. The molecule has 2 amide bonds. The molecule has 0 saturated carbocycles. The van der Waals surface area contributed by atoms with E-state index in [0.29, 0.717) is 61.0 Å². The van der Waals surface area contributed by atoms with E-state index in [9.17, 15) is 14.7 Å². The number of rotatable bonds is 17. The predicted octanol–water partition coefficient (Wildman–Crippen LogP) is 10.9. The summed E-state index contributed by atoms with van der Waals surface area (Å²) in [7, 11) is 0. The highest BCUT2D eigenvalue weighted by atomic mass is 32.2. The zero-order valence-corrected chi connectivity index (χ0v) is 35.6. The number of hydrogen-bond donors (Lipinski definition) is 4. The third-order valence-electron chi connectivity index (χ3n) is 10.9. The number of unbranched alkanes of at least 4 members (excludes halogenated alkanes) is 1. The summed E-state index contributed by atoms with van der Waals surface area (Å²) < 4.78 is 19.8. The fraction of sp³-hybridized carbons (Fsp3) is 0.212. The number of nitrogens with two attached hydrogens (primary N) is 1. The van der Waals surface area contributed by atoms with E-state index >= 15 is 0 Å². The van der Waals surface area contributed by atoms with Crippen LogP contribution in [0.15, 0.2) is 167 Å². The average Bonchev–Trinajstić information content (AvgIpc) is 3.77. The second-order valence-electron chi connectivity index (χ2n) is 15.5. The van der Waals surface area contributed by atoms with Gasteiger partial charge in [-0.05, 0) is 58.9 Å². The number of nitrogens with zero attached hydrogens (tertiary/aromatic N) is 1. The maximum Gasteiger partial charge on any atom is 0.256 e. The van der Waals surface area contributed by atoms with Gasteiger partial charge in [0.25, 0.3) is 5.22 Å². The molecular formula is C52H50N4O6S. The lowest BCUT2D eigenvalue weighted by molar-refractivity contribution is -0.245. The van der Waals surface area contributed by atoms with Crippen molar-refractivity contribution in [3.8, 4) is 33.7 Å². The third-order valence-corrected chi connectivity index (χ3v) is 11.9. The molecule has 3 atom stereocenters. The molecule has 1 aromatic heterocycles. The van der Waals surface area contributed by atoms with Crippen LogP contribution in [0.25, 0.3) is 33.7 Å². The van der Waals surface area contributed by atoms with Gasteiger partial charge in [0.2, 0.25) is 11.8 Å². The second-order valence-corrected chi connectivity index (χ2v) is 16.5. The van der Waals surface area contributed by atoms with Crippen LogP contribution in [0.3, 0.4) is 0 Å². The van der Waals surface area contributed by atoms with Crippen molar-refractivity contribution < 1.29 is 28.6 Å². The molecule has 10 nitrogen and oxygen atoms in total. The summed E-state index contributed by atoms with van der Waals surface area (Å²) in [6, 6.07) is 51.5. The number of aromatic nitrogens is 1. The monoisotopic (exact) mass is 858 g/mol. The molecule has 0 spiro atoms. The molecule has 2 heterocycles. The minimum absolute atomic E-state index is 0.0255. The number of nitrogen functional groups attached to an aromatic ring is 1. The highest BCUT2D eigenvalue weighted by Gasteiger charge is 2.33. The van der Waals surface area contributed by atoms with Crippen LogP contribution < -0.4 is 16.4 Å². The number of amides is 2. The molecule has 8 rings (SSSR count). The quantitative estimate of drug-likeness (QED) is 0.0399. The summed E-state index contributed by atoms with van der Waals surface area (Å²) in [5.74, 6) is 1.15. The number of para-hydroxylation sites is 2. The zero-order valence-electron chi connectivity index (χ0n) is 34.8. The van der Waals surface area contributed by atoms with Crippen LogP contribution in [0.5, 0.6) is 0 Å². The van der Waals surface area contributed by atoms with Gasteiger partial charge in [-0.3, -0.25) is 9.59 Å². The molecule has 11 heteroatoms. The van der Waals surface area contributed by atoms with E-state index in [1.807, 2.05) is 121 Å². The van der Waals surface area contributed by atoms with Gasteiger partial charge in [0.05, 0.1) is 30.2 Å². The molecule has 5 N–H and O–H groups in total. The minimum atomic E-state index is -0.621. The summed E-state index contributed by atoms with van der Waals surface area (Å²) in [6.45, 7) is 0.374. The molecule has 1 aliphatic rings. The minimum Gasteiger partial charge on any atom is -0.431 e. The molecule has 0 aliphatic carbocycles. The molecule has 1 aliphatic heterocycles. The van der Waals surface area contributed by atoms with E-state index < -0.39 is 6.29 Å². The molecule has 320 valence electrons. The van der Waals surface area contributed by atoms with Crippen molar-refractivity contribution in [2.75, 3.05) is 16.8 Å². The summed E-state index contributed by atoms with van der Waals surface area (Å²) in [5, 5.41) is 16.1. The van der Waals surface area contributed by atoms with Crippen molar-refractivity contribution >= 4 is 35.0 Å². The largest absolute Gasteiger partial charge is 0.431 e. The van der Waals surface area contributed by atoms with Gasteiger partial charge in [-0.25, -0.2) is 4.98 Å². The molecule has 0 radical (unpaired) electrons. The smallest absolute Gasteiger partial charge is 0.256 e. The van der Waals surface area contributed by atoms with Crippen LogP contribution >= 0.6 is 11.8 Å². The Hall–Kier alpha value is -6.50. The molecule has 63 heavy (non-hydrogen) atoms. The Balaban J connectivity index is 0.896. The molecule has 1 fully saturated rings. The van der Waals surface area contributed by atoms with Gasteiger partial charge in [0, 0.05) is 48.3 Å². The van der Waals surface area contributed by atoms with Crippen molar-refractivity contribution in [2.24, 2.45) is 0 Å². The van der Waals surface area contributed by atoms with Crippen molar-refractivity contribution in [3.05, 3.63) is 180 Å². The van der Waals surface area contributed by atoms with Crippen LogP contribution in [0.4, 0.5) is 11.4 Å². The standard InChI is InChI=1S/C52H50N4O6S/c53-44-18-7-8-19-45(44)55-48(59)21-10-9-20-47(58)54-32-36-12-11-17-42(30-36)37-26-28-41(29-27-37)51-60-43(31-46(61-51)38-24-22-35(33-57)23-25-38)34-63-52-56-49(39-13-3-1-4-14-39)50(62-52)40-15-5-2-6-16-40/h1-8,11-19,22-30,43,46,51,57H,9-10,20-21,31-34,53H2,(H,54,58)(H,55,59)/t43-,46+,51+/m1/s1. The van der Waals surface area contributed by atoms with Crippen molar-refractivity contribution in [3.63, 3.8) is 0 Å². The lowest BCUT2D eigenvalue weighted by Gasteiger charge is -2.36. The Kier molecular flexibility index (Phi) is 14.4. The summed E-state index contributed by atoms with van der Waals surface area (Å²) in [5.41, 5.74) is 15.6. The van der Waals surface area contributed by atoms with Crippen LogP contribution in [0, 0.1) is 0 Å². The number of carbonyl (C=O) groups is 2. The summed E-state index contributed by atoms with van der Waals surface area (Å²) in [6.07, 6.45) is 1.44. The number of hydrogen-bond acceptors (Lipinski definition) is 9. The van der Waals surface area contributed by atoms with Gasteiger partial charge >= 0.3 is 0 Å². The molecule has 7 aromatic rings. The van der Waals surface area contributed by atoms with Crippen LogP contribution in [-0.2, 0) is 32.2 Å². The number of thioether (sulfide) groups is 1. The zero-order chi connectivity index (χ0) is 43.4. The first-order valence-corrected chi connectivity index (χ1v) is 22.2. The fourth-order valence-corrected chi connectivity index (χ4v) is 8.34. The third kappa shape index (κ3) is 11.5. The van der Waals surface area contributed by atoms with Gasteiger partial charge in [-0.1, -0.05) is 151 Å². The molecule has 1 saturated heterocycles. The Bertz CT molecular complexity index is 2530. The first-order valence-electron chi connectivity index (χ1n) is 21.2. The number of benzene rings is 6. The topological polar surface area (TPSA) is 149 Å². The number of ether oxygens (including phenoxy) is 2. The maximum atomic E-state index is 12.7. The number of aliphatic hydroxyl groups is 1. The molecular weight excluding hydrogens is 809 g/mol. The van der Waals surface area contributed by atoms with E-state index in [-0.39, 0.29) is 30.6 Å². The van der Waals surface area contributed by atoms with E-state index in [1.165, 1.54) is 11.8 Å². The number of nitrogens with one attached hydrogen (secondary N) is 2. The van der Waals surface area contributed by atoms with Crippen molar-refractivity contribution in [1.29, 1.82) is 0 Å². The highest BCUT2D eigenvalue weighted by molar-refractivity contribution is 7.99. The Morgan fingerprint density at radius 1 is 0.683 bits per heavy atom. The Labute approximate surface area is 371 Å². The Morgan fingerprint density at radius 2 is 1.35 bits per heavy atom. The van der Waals surface area contributed by atoms with Crippen LogP contribution in [0.1, 0.15) is 66.8 Å². The van der Waals surface area contributed by atoms with Gasteiger partial charge in [0.1, 0.15) is 5.69 Å². The first-order chi connectivity index (χ1) is 30.9. The molecule has 6 aromatic carbocycles. The lowest BCUT2D eigenvalue weighted by Crippen LogP contribution is -2.31. The summed E-state index contributed by atoms with van der Waals surface area (Å²) in [4.78, 5) is 30.0. The van der Waals surface area contributed by atoms with E-state index in [0.717, 1.165) is 56.0 Å². The molecule has 0 unspecified atom stereocenters. The fourth-order valence-electron chi connectivity index (χ4n) is 7.50. The van der Waals surface area contributed by atoms with Crippen LogP contribution in [0.2, 0.25) is 0 Å². The van der Waals surface area contributed by atoms with Gasteiger partial charge < -0.3 is 35.4 Å².